The van der Waals surface area contributed by atoms with E-state index in [9.17, 15) is 13.2 Å². The van der Waals surface area contributed by atoms with Crippen LogP contribution in [0.2, 0.25) is 5.02 Å². The van der Waals surface area contributed by atoms with Crippen LogP contribution < -0.4 is 0 Å². The second kappa shape index (κ2) is 11.6. The Kier molecular flexibility index (Phi) is 8.38. The van der Waals surface area contributed by atoms with Gasteiger partial charge in [0.05, 0.1) is 15.7 Å². The summed E-state index contributed by atoms with van der Waals surface area (Å²) >= 11 is 10.7. The number of sulfonamides is 1. The van der Waals surface area contributed by atoms with Crippen molar-refractivity contribution in [3.8, 4) is 0 Å². The van der Waals surface area contributed by atoms with E-state index in [1.54, 1.807) is 12.1 Å². The van der Waals surface area contributed by atoms with Crippen molar-refractivity contribution in [1.82, 2.24) is 14.1 Å². The summed E-state index contributed by atoms with van der Waals surface area (Å²) < 4.78 is 28.8. The van der Waals surface area contributed by atoms with Crippen LogP contribution in [0.1, 0.15) is 30.0 Å². The number of piperazine rings is 1. The lowest BCUT2D eigenvalue weighted by Crippen LogP contribution is -2.53. The Hall–Kier alpha value is -1.75. The van der Waals surface area contributed by atoms with Gasteiger partial charge in [0.2, 0.25) is 5.91 Å². The summed E-state index contributed by atoms with van der Waals surface area (Å²) in [5.74, 6) is -0.241. The van der Waals surface area contributed by atoms with E-state index in [1.807, 2.05) is 23.1 Å². The van der Waals surface area contributed by atoms with Gasteiger partial charge in [-0.2, -0.15) is 4.31 Å². The molecule has 2 fully saturated rings. The number of carbonyl (C=O) groups is 1. The van der Waals surface area contributed by atoms with E-state index in [0.29, 0.717) is 35.3 Å². The Morgan fingerprint density at radius 3 is 2.24 bits per heavy atom. The van der Waals surface area contributed by atoms with Gasteiger partial charge in [0.25, 0.3) is 10.0 Å². The van der Waals surface area contributed by atoms with Crippen molar-refractivity contribution in [2.75, 3.05) is 39.3 Å². The summed E-state index contributed by atoms with van der Waals surface area (Å²) in [5.41, 5.74) is 2.38. The molecule has 3 heterocycles. The van der Waals surface area contributed by atoms with Crippen LogP contribution in [-0.2, 0) is 14.8 Å². The van der Waals surface area contributed by atoms with Gasteiger partial charge in [-0.05, 0) is 64.2 Å². The molecule has 10 heteroatoms. The van der Waals surface area contributed by atoms with Gasteiger partial charge in [-0.1, -0.05) is 54.1 Å². The van der Waals surface area contributed by atoms with Crippen LogP contribution in [0.5, 0.6) is 0 Å². The van der Waals surface area contributed by atoms with E-state index in [4.69, 9.17) is 11.6 Å². The smallest absolute Gasteiger partial charge is 0.252 e. The van der Waals surface area contributed by atoms with Crippen molar-refractivity contribution < 1.29 is 13.2 Å². The van der Waals surface area contributed by atoms with E-state index in [2.05, 4.69) is 57.2 Å². The second-order valence-corrected chi connectivity index (χ2v) is 14.6. The molecule has 3 aromatic rings. The molecule has 0 saturated carbocycles. The SMILES string of the molecule is O=C([C@@H]1CCCN(S(=O)(=O)c2ccc(Br)s2)C1)N1CCN([C@@H](c2ccccc2)c2ccc(Cl)cc2)CC1. The first-order valence-electron chi connectivity index (χ1n) is 12.4. The molecule has 0 aliphatic carbocycles. The summed E-state index contributed by atoms with van der Waals surface area (Å²) in [6.07, 6.45) is 1.41. The number of amides is 1. The van der Waals surface area contributed by atoms with Crippen molar-refractivity contribution in [1.29, 1.82) is 0 Å². The third-order valence-corrected chi connectivity index (χ3v) is 11.4. The van der Waals surface area contributed by atoms with Crippen molar-refractivity contribution in [2.45, 2.75) is 23.1 Å². The molecule has 0 unspecified atom stereocenters. The van der Waals surface area contributed by atoms with E-state index < -0.39 is 10.0 Å². The minimum Gasteiger partial charge on any atom is -0.340 e. The number of halogens is 2. The lowest BCUT2D eigenvalue weighted by molar-refractivity contribution is -0.138. The largest absolute Gasteiger partial charge is 0.340 e. The molecule has 2 aliphatic rings. The molecule has 37 heavy (non-hydrogen) atoms. The highest BCUT2D eigenvalue weighted by atomic mass is 79.9. The molecule has 2 atom stereocenters. The van der Waals surface area contributed by atoms with Crippen molar-refractivity contribution in [2.24, 2.45) is 5.92 Å². The molecule has 1 aromatic heterocycles. The predicted octanol–water partition coefficient (Wildman–Crippen LogP) is 5.50. The van der Waals surface area contributed by atoms with Crippen molar-refractivity contribution in [3.05, 3.63) is 86.7 Å². The normalized spacial score (nSPS) is 20.6. The average molecular weight is 623 g/mol. The monoisotopic (exact) mass is 621 g/mol. The maximum atomic E-state index is 13.5. The maximum absolute atomic E-state index is 13.5. The lowest BCUT2D eigenvalue weighted by Gasteiger charge is -2.41. The predicted molar refractivity (Wildman–Crippen MR) is 151 cm³/mol. The third-order valence-electron chi connectivity index (χ3n) is 7.17. The molecule has 196 valence electrons. The summed E-state index contributed by atoms with van der Waals surface area (Å²) in [4.78, 5) is 17.8. The number of hydrogen-bond donors (Lipinski definition) is 0. The maximum Gasteiger partial charge on any atom is 0.252 e. The van der Waals surface area contributed by atoms with Crippen molar-refractivity contribution in [3.63, 3.8) is 0 Å². The summed E-state index contributed by atoms with van der Waals surface area (Å²) in [6, 6.07) is 21.8. The van der Waals surface area contributed by atoms with Crippen LogP contribution >= 0.6 is 38.9 Å². The number of hydrogen-bond acceptors (Lipinski definition) is 5. The number of rotatable bonds is 6. The van der Waals surface area contributed by atoms with Crippen LogP contribution in [-0.4, -0.2) is 67.7 Å². The fourth-order valence-corrected chi connectivity index (χ4v) is 9.09. The minimum absolute atomic E-state index is 0.0645. The number of nitrogens with zero attached hydrogens (tertiary/aromatic N) is 3. The van der Waals surface area contributed by atoms with E-state index in [-0.39, 0.29) is 24.4 Å². The average Bonchev–Trinajstić information content (AvgIpc) is 3.38. The first-order valence-corrected chi connectivity index (χ1v) is 15.8. The topological polar surface area (TPSA) is 60.9 Å². The van der Waals surface area contributed by atoms with Crippen LogP contribution in [0.25, 0.3) is 0 Å². The molecule has 0 radical (unpaired) electrons. The van der Waals surface area contributed by atoms with Gasteiger partial charge in [0.1, 0.15) is 4.21 Å². The molecule has 2 aromatic carbocycles. The number of benzene rings is 2. The van der Waals surface area contributed by atoms with E-state index >= 15 is 0 Å². The zero-order chi connectivity index (χ0) is 26.0. The quantitative estimate of drug-likeness (QED) is 0.365. The highest BCUT2D eigenvalue weighted by molar-refractivity contribution is 9.11. The third kappa shape index (κ3) is 5.97. The van der Waals surface area contributed by atoms with Crippen LogP contribution in [0.4, 0.5) is 0 Å². The molecule has 5 rings (SSSR count). The summed E-state index contributed by atoms with van der Waals surface area (Å²) in [7, 11) is -3.59. The Morgan fingerprint density at radius 1 is 0.919 bits per heavy atom. The highest BCUT2D eigenvalue weighted by Crippen LogP contribution is 2.33. The second-order valence-electron chi connectivity index (χ2n) is 9.49. The first-order chi connectivity index (χ1) is 17.8. The summed E-state index contributed by atoms with van der Waals surface area (Å²) in [6.45, 7) is 3.43. The van der Waals surface area contributed by atoms with Gasteiger partial charge in [-0.25, -0.2) is 8.42 Å². The fraction of sp³-hybridized carbons (Fsp3) is 0.370. The molecule has 6 nitrogen and oxygen atoms in total. The van der Waals surface area contributed by atoms with Crippen LogP contribution in [0.15, 0.2) is 74.7 Å². The van der Waals surface area contributed by atoms with Crippen molar-refractivity contribution >= 4 is 54.8 Å². The Labute approximate surface area is 236 Å². The molecular weight excluding hydrogens is 594 g/mol. The van der Waals surface area contributed by atoms with Gasteiger partial charge in [0.15, 0.2) is 0 Å². The zero-order valence-electron chi connectivity index (χ0n) is 20.3. The molecule has 2 saturated heterocycles. The standard InChI is InChI=1S/C27H29BrClN3O3S2/c28-24-12-13-25(36-24)37(34,35)32-14-4-7-22(19-32)27(33)31-17-15-30(16-18-31)26(20-5-2-1-3-6-20)21-8-10-23(29)11-9-21/h1-3,5-6,8-13,22,26H,4,7,14-19H2/t22-,26+/m1/s1. The highest BCUT2D eigenvalue weighted by Gasteiger charge is 2.37. The minimum atomic E-state index is -3.59. The Balaban J connectivity index is 1.26. The number of piperidine rings is 1. The van der Waals surface area contributed by atoms with Gasteiger partial charge in [0, 0.05) is 44.3 Å². The van der Waals surface area contributed by atoms with Crippen LogP contribution in [0.3, 0.4) is 0 Å². The van der Waals surface area contributed by atoms with E-state index in [1.165, 1.54) is 26.8 Å². The van der Waals surface area contributed by atoms with Gasteiger partial charge >= 0.3 is 0 Å². The molecule has 0 bridgehead atoms. The number of thiophene rings is 1. The number of carbonyl (C=O) groups excluding carboxylic acids is 1. The zero-order valence-corrected chi connectivity index (χ0v) is 24.3. The Bertz CT molecular complexity index is 1330. The fourth-order valence-electron chi connectivity index (χ4n) is 5.28. The molecular formula is C27H29BrClN3O3S2. The van der Waals surface area contributed by atoms with Gasteiger partial charge in [-0.3, -0.25) is 9.69 Å². The lowest BCUT2D eigenvalue weighted by atomic mass is 9.95. The molecule has 1 amide bonds. The van der Waals surface area contributed by atoms with E-state index in [0.717, 1.165) is 23.3 Å². The molecule has 0 N–H and O–H groups in total. The molecule has 0 spiro atoms. The van der Waals surface area contributed by atoms with Gasteiger partial charge < -0.3 is 4.90 Å². The van der Waals surface area contributed by atoms with Gasteiger partial charge in [-0.15, -0.1) is 11.3 Å². The first kappa shape index (κ1) is 26.8. The molecule has 2 aliphatic heterocycles. The van der Waals surface area contributed by atoms with Crippen LogP contribution in [0, 0.1) is 5.92 Å². The Morgan fingerprint density at radius 2 is 1.59 bits per heavy atom. The summed E-state index contributed by atoms with van der Waals surface area (Å²) in [5, 5.41) is 0.709.